The number of hydrogen-bond acceptors (Lipinski definition) is 4. The van der Waals surface area contributed by atoms with Gasteiger partial charge in [-0.25, -0.2) is 4.39 Å². The van der Waals surface area contributed by atoms with E-state index in [4.69, 9.17) is 0 Å². The Morgan fingerprint density at radius 2 is 1.91 bits per heavy atom. The van der Waals surface area contributed by atoms with E-state index in [-0.39, 0.29) is 17.8 Å². The van der Waals surface area contributed by atoms with Gasteiger partial charge in [-0.05, 0) is 37.6 Å². The molecule has 0 aliphatic carbocycles. The highest BCUT2D eigenvalue weighted by molar-refractivity contribution is 8.15. The fourth-order valence-electron chi connectivity index (χ4n) is 2.46. The van der Waals surface area contributed by atoms with Gasteiger partial charge in [0.05, 0.1) is 6.04 Å². The molecule has 0 saturated carbocycles. The molecule has 3 rings (SSSR count). The number of aliphatic imine (C=N–C) groups is 1. The van der Waals surface area contributed by atoms with Gasteiger partial charge in [0.1, 0.15) is 10.6 Å². The lowest BCUT2D eigenvalue weighted by Crippen LogP contribution is -2.27. The van der Waals surface area contributed by atoms with Crippen LogP contribution in [0.2, 0.25) is 0 Å². The summed E-state index contributed by atoms with van der Waals surface area (Å²) in [6.45, 7) is 3.68. The average molecular weight is 329 g/mol. The maximum atomic E-state index is 13.8. The first-order valence-electron chi connectivity index (χ1n) is 7.24. The Balaban J connectivity index is 1.78. The third kappa shape index (κ3) is 2.99. The number of pyridine rings is 1. The molecular formula is C17H16FN3OS. The summed E-state index contributed by atoms with van der Waals surface area (Å²) in [7, 11) is 0. The van der Waals surface area contributed by atoms with Gasteiger partial charge in [-0.15, -0.1) is 0 Å². The summed E-state index contributed by atoms with van der Waals surface area (Å²) < 4.78 is 13.1. The zero-order chi connectivity index (χ0) is 16.4. The maximum Gasteiger partial charge on any atom is 0.268 e. The molecule has 2 unspecified atom stereocenters. The first-order valence-corrected chi connectivity index (χ1v) is 8.06. The Kier molecular flexibility index (Phi) is 4.17. The number of nitrogens with one attached hydrogen (secondary N) is 1. The average Bonchev–Trinajstić information content (AvgIpc) is 2.84. The third-order valence-corrected chi connectivity index (χ3v) is 5.08. The van der Waals surface area contributed by atoms with Crippen molar-refractivity contribution >= 4 is 22.8 Å². The number of carbonyl (C=O) groups is 1. The van der Waals surface area contributed by atoms with E-state index in [0.717, 1.165) is 5.56 Å². The second-order valence-corrected chi connectivity index (χ2v) is 6.89. The van der Waals surface area contributed by atoms with Crippen LogP contribution in [0.5, 0.6) is 0 Å². The van der Waals surface area contributed by atoms with Crippen LogP contribution < -0.4 is 5.32 Å². The molecule has 0 spiro atoms. The second kappa shape index (κ2) is 6.12. The first-order chi connectivity index (χ1) is 11.0. The van der Waals surface area contributed by atoms with Gasteiger partial charge in [-0.3, -0.25) is 9.78 Å². The van der Waals surface area contributed by atoms with E-state index in [1.807, 2.05) is 26.0 Å². The topological polar surface area (TPSA) is 54.4 Å². The van der Waals surface area contributed by atoms with Gasteiger partial charge in [0.25, 0.3) is 5.91 Å². The fourth-order valence-corrected chi connectivity index (χ4v) is 3.60. The summed E-state index contributed by atoms with van der Waals surface area (Å²) >= 11 is 1.34. The fraction of sp³-hybridized carbons (Fsp3) is 0.235. The number of benzene rings is 1. The zero-order valence-corrected chi connectivity index (χ0v) is 13.6. The van der Waals surface area contributed by atoms with Crippen molar-refractivity contribution < 1.29 is 9.18 Å². The smallest absolute Gasteiger partial charge is 0.268 e. The van der Waals surface area contributed by atoms with Crippen molar-refractivity contribution in [2.75, 3.05) is 0 Å². The zero-order valence-electron chi connectivity index (χ0n) is 12.8. The molecule has 1 amide bonds. The molecule has 2 aromatic rings. The Hall–Kier alpha value is -2.21. The van der Waals surface area contributed by atoms with Crippen LogP contribution in [0.15, 0.2) is 53.8 Å². The number of thioether (sulfide) groups is 1. The molecule has 0 radical (unpaired) electrons. The van der Waals surface area contributed by atoms with E-state index >= 15 is 0 Å². The SMILES string of the molecule is CC(NC1=NC(=O)C(C)(c2ccncc2)S1)c1ccccc1F. The van der Waals surface area contributed by atoms with Crippen LogP contribution in [0.25, 0.3) is 0 Å². The summed E-state index contributed by atoms with van der Waals surface area (Å²) in [6.07, 6.45) is 3.31. The van der Waals surface area contributed by atoms with Crippen molar-refractivity contribution in [1.82, 2.24) is 10.3 Å². The van der Waals surface area contributed by atoms with Crippen LogP contribution in [0.4, 0.5) is 4.39 Å². The van der Waals surface area contributed by atoms with E-state index in [1.54, 1.807) is 30.6 Å². The number of aromatic nitrogens is 1. The molecule has 0 saturated heterocycles. The lowest BCUT2D eigenvalue weighted by molar-refractivity contribution is -0.119. The van der Waals surface area contributed by atoms with Crippen molar-refractivity contribution in [3.63, 3.8) is 0 Å². The standard InChI is InChI=1S/C17H16FN3OS/c1-11(13-5-3-4-6-14(13)18)20-16-21-15(22)17(2,23-16)12-7-9-19-10-8-12/h3-11H,1-2H3,(H,20,21,22). The minimum atomic E-state index is -0.778. The summed E-state index contributed by atoms with van der Waals surface area (Å²) in [5.41, 5.74) is 1.39. The highest BCUT2D eigenvalue weighted by Crippen LogP contribution is 2.42. The van der Waals surface area contributed by atoms with E-state index in [9.17, 15) is 9.18 Å². The molecule has 1 aliphatic rings. The molecule has 118 valence electrons. The van der Waals surface area contributed by atoms with E-state index in [2.05, 4.69) is 15.3 Å². The predicted molar refractivity (Wildman–Crippen MR) is 89.6 cm³/mol. The number of amidine groups is 1. The van der Waals surface area contributed by atoms with E-state index in [0.29, 0.717) is 10.7 Å². The van der Waals surface area contributed by atoms with Crippen LogP contribution in [-0.2, 0) is 9.54 Å². The van der Waals surface area contributed by atoms with Crippen molar-refractivity contribution in [3.8, 4) is 0 Å². The van der Waals surface area contributed by atoms with Gasteiger partial charge in [0.2, 0.25) is 0 Å². The molecule has 1 N–H and O–H groups in total. The number of carbonyl (C=O) groups excluding carboxylic acids is 1. The molecule has 6 heteroatoms. The van der Waals surface area contributed by atoms with Crippen LogP contribution >= 0.6 is 11.8 Å². The Morgan fingerprint density at radius 3 is 2.61 bits per heavy atom. The van der Waals surface area contributed by atoms with Crippen LogP contribution in [-0.4, -0.2) is 16.1 Å². The lowest BCUT2D eigenvalue weighted by Gasteiger charge is -2.21. The third-order valence-electron chi connectivity index (χ3n) is 3.85. The molecule has 1 aromatic heterocycles. The minimum Gasteiger partial charge on any atom is -0.358 e. The van der Waals surface area contributed by atoms with Gasteiger partial charge in [-0.1, -0.05) is 30.0 Å². The van der Waals surface area contributed by atoms with Crippen LogP contribution in [0.3, 0.4) is 0 Å². The monoisotopic (exact) mass is 329 g/mol. The van der Waals surface area contributed by atoms with Crippen molar-refractivity contribution in [2.45, 2.75) is 24.6 Å². The normalized spacial score (nSPS) is 21.9. The molecule has 1 aliphatic heterocycles. The molecule has 1 aromatic carbocycles. The molecule has 2 atom stereocenters. The van der Waals surface area contributed by atoms with Gasteiger partial charge in [0.15, 0.2) is 5.17 Å². The molecule has 4 nitrogen and oxygen atoms in total. The predicted octanol–water partition coefficient (Wildman–Crippen LogP) is 3.42. The number of amides is 1. The van der Waals surface area contributed by atoms with E-state index in [1.165, 1.54) is 17.8 Å². The summed E-state index contributed by atoms with van der Waals surface area (Å²) in [5.74, 6) is -0.503. The quantitative estimate of drug-likeness (QED) is 0.937. The van der Waals surface area contributed by atoms with Crippen LogP contribution in [0, 0.1) is 5.82 Å². The van der Waals surface area contributed by atoms with Gasteiger partial charge in [0, 0.05) is 18.0 Å². The number of nitrogens with zero attached hydrogens (tertiary/aromatic N) is 2. The van der Waals surface area contributed by atoms with Gasteiger partial charge < -0.3 is 5.32 Å². The maximum absolute atomic E-state index is 13.8. The largest absolute Gasteiger partial charge is 0.358 e. The Morgan fingerprint density at radius 1 is 1.22 bits per heavy atom. The van der Waals surface area contributed by atoms with Crippen molar-refractivity contribution in [1.29, 1.82) is 0 Å². The summed E-state index contributed by atoms with van der Waals surface area (Å²) in [6, 6.07) is 9.91. The highest BCUT2D eigenvalue weighted by atomic mass is 32.2. The first kappa shape index (κ1) is 15.7. The van der Waals surface area contributed by atoms with Gasteiger partial charge in [-0.2, -0.15) is 4.99 Å². The Labute approximate surface area is 138 Å². The van der Waals surface area contributed by atoms with Crippen LogP contribution in [0.1, 0.15) is 31.0 Å². The van der Waals surface area contributed by atoms with Gasteiger partial charge >= 0.3 is 0 Å². The van der Waals surface area contributed by atoms with E-state index < -0.39 is 4.75 Å². The number of halogens is 1. The number of rotatable bonds is 3. The highest BCUT2D eigenvalue weighted by Gasteiger charge is 2.43. The summed E-state index contributed by atoms with van der Waals surface area (Å²) in [4.78, 5) is 20.4. The molecule has 0 bridgehead atoms. The lowest BCUT2D eigenvalue weighted by atomic mass is 10.0. The minimum absolute atomic E-state index is 0.225. The van der Waals surface area contributed by atoms with Crippen molar-refractivity contribution in [3.05, 3.63) is 65.7 Å². The molecular weight excluding hydrogens is 313 g/mol. The molecule has 23 heavy (non-hydrogen) atoms. The molecule has 2 heterocycles. The Bertz CT molecular complexity index is 765. The number of hydrogen-bond donors (Lipinski definition) is 1. The summed E-state index contributed by atoms with van der Waals surface area (Å²) in [5, 5.41) is 3.63. The van der Waals surface area contributed by atoms with Crippen molar-refractivity contribution in [2.24, 2.45) is 4.99 Å². The molecule has 0 fully saturated rings. The second-order valence-electron chi connectivity index (χ2n) is 5.48.